The second-order valence-corrected chi connectivity index (χ2v) is 3.62. The second kappa shape index (κ2) is 5.01. The van der Waals surface area contributed by atoms with Gasteiger partial charge >= 0.3 is 0 Å². The monoisotopic (exact) mass is 238 g/mol. The zero-order valence-electron chi connectivity index (χ0n) is 8.47. The Balaban J connectivity index is 1.91. The maximum Gasteiger partial charge on any atom is 0.193 e. The van der Waals surface area contributed by atoms with Gasteiger partial charge in [0.2, 0.25) is 0 Å². The molecule has 4 nitrogen and oxygen atoms in total. The molecule has 2 rings (SSSR count). The van der Waals surface area contributed by atoms with Crippen LogP contribution in [0.15, 0.2) is 41.1 Å². The molecule has 2 heterocycles. The molecule has 2 aromatic rings. The van der Waals surface area contributed by atoms with Crippen LogP contribution in [0.1, 0.15) is 11.8 Å². The maximum atomic E-state index is 5.86. The van der Waals surface area contributed by atoms with Gasteiger partial charge in [0.1, 0.15) is 18.1 Å². The van der Waals surface area contributed by atoms with Crippen LogP contribution in [0.3, 0.4) is 0 Å². The van der Waals surface area contributed by atoms with E-state index in [4.69, 9.17) is 26.5 Å². The number of nitrogens with zero attached hydrogens (tertiary/aromatic N) is 1. The predicted octanol–water partition coefficient (Wildman–Crippen LogP) is 2.41. The minimum atomic E-state index is -0.340. The van der Waals surface area contributed by atoms with E-state index in [-0.39, 0.29) is 6.04 Å². The topological polar surface area (TPSA) is 61.3 Å². The molecule has 0 aliphatic heterocycles. The molecule has 0 amide bonds. The summed E-state index contributed by atoms with van der Waals surface area (Å²) in [5, 5.41) is 0.326. The number of hydrogen-bond acceptors (Lipinski definition) is 4. The smallest absolute Gasteiger partial charge is 0.193 e. The first kappa shape index (κ1) is 11.0. The third kappa shape index (κ3) is 2.74. The minimum absolute atomic E-state index is 0.315. The summed E-state index contributed by atoms with van der Waals surface area (Å²) in [7, 11) is 0. The zero-order chi connectivity index (χ0) is 11.4. The Labute approximate surface area is 98.0 Å². The van der Waals surface area contributed by atoms with Gasteiger partial charge in [-0.05, 0) is 35.9 Å². The Hall–Kier alpha value is -1.52. The van der Waals surface area contributed by atoms with Crippen molar-refractivity contribution in [2.24, 2.45) is 5.73 Å². The summed E-state index contributed by atoms with van der Waals surface area (Å²) in [6.07, 6.45) is 3.31. The van der Waals surface area contributed by atoms with E-state index < -0.39 is 0 Å². The molecule has 1 atom stereocenters. The van der Waals surface area contributed by atoms with E-state index in [0.717, 1.165) is 0 Å². The van der Waals surface area contributed by atoms with Gasteiger partial charge in [0, 0.05) is 6.20 Å². The number of furan rings is 1. The van der Waals surface area contributed by atoms with Crippen molar-refractivity contribution < 1.29 is 9.15 Å². The Morgan fingerprint density at radius 2 is 2.31 bits per heavy atom. The van der Waals surface area contributed by atoms with Gasteiger partial charge in [-0.25, -0.2) is 0 Å². The van der Waals surface area contributed by atoms with Crippen LogP contribution in [0.5, 0.6) is 5.75 Å². The fourth-order valence-corrected chi connectivity index (χ4v) is 1.38. The molecule has 16 heavy (non-hydrogen) atoms. The quantitative estimate of drug-likeness (QED) is 0.889. The van der Waals surface area contributed by atoms with Crippen LogP contribution in [0, 0.1) is 0 Å². The van der Waals surface area contributed by atoms with E-state index in [1.54, 1.807) is 30.6 Å². The molecule has 84 valence electrons. The highest BCUT2D eigenvalue weighted by Gasteiger charge is 2.11. The van der Waals surface area contributed by atoms with Gasteiger partial charge in [-0.2, -0.15) is 0 Å². The highest BCUT2D eigenvalue weighted by Crippen LogP contribution is 2.19. The summed E-state index contributed by atoms with van der Waals surface area (Å²) in [6, 6.07) is 6.66. The third-order valence-electron chi connectivity index (χ3n) is 2.02. The standard InChI is InChI=1S/C11H11ClN2O2/c12-11-4-3-10(16-11)9(13)7-15-8-2-1-5-14-6-8/h1-6,9H,7,13H2. The van der Waals surface area contributed by atoms with Crippen molar-refractivity contribution >= 4 is 11.6 Å². The van der Waals surface area contributed by atoms with E-state index in [9.17, 15) is 0 Å². The van der Waals surface area contributed by atoms with Crippen LogP contribution in [0.2, 0.25) is 5.22 Å². The molecule has 0 aliphatic rings. The first-order chi connectivity index (χ1) is 7.75. The molecule has 0 radical (unpaired) electrons. The van der Waals surface area contributed by atoms with Crippen LogP contribution in [-0.2, 0) is 0 Å². The number of hydrogen-bond donors (Lipinski definition) is 1. The molecule has 0 fully saturated rings. The molecule has 0 bridgehead atoms. The second-order valence-electron chi connectivity index (χ2n) is 3.25. The molecule has 0 spiro atoms. The van der Waals surface area contributed by atoms with Crippen LogP contribution < -0.4 is 10.5 Å². The number of halogens is 1. The third-order valence-corrected chi connectivity index (χ3v) is 2.23. The lowest BCUT2D eigenvalue weighted by Crippen LogP contribution is -2.18. The number of pyridine rings is 1. The molecular formula is C11H11ClN2O2. The zero-order valence-corrected chi connectivity index (χ0v) is 9.22. The summed E-state index contributed by atoms with van der Waals surface area (Å²) < 4.78 is 10.6. The van der Waals surface area contributed by atoms with Crippen molar-refractivity contribution in [3.05, 3.63) is 47.6 Å². The minimum Gasteiger partial charge on any atom is -0.490 e. The van der Waals surface area contributed by atoms with Crippen molar-refractivity contribution in [3.63, 3.8) is 0 Å². The lowest BCUT2D eigenvalue weighted by Gasteiger charge is -2.10. The van der Waals surface area contributed by atoms with E-state index in [2.05, 4.69) is 4.98 Å². The van der Waals surface area contributed by atoms with Crippen LogP contribution in [0.4, 0.5) is 0 Å². The normalized spacial score (nSPS) is 12.4. The molecule has 2 N–H and O–H groups in total. The fourth-order valence-electron chi connectivity index (χ4n) is 1.23. The molecular weight excluding hydrogens is 228 g/mol. The predicted molar refractivity (Wildman–Crippen MR) is 60.4 cm³/mol. The van der Waals surface area contributed by atoms with Gasteiger partial charge in [0.15, 0.2) is 5.22 Å². The molecule has 0 saturated heterocycles. The van der Waals surface area contributed by atoms with Gasteiger partial charge in [-0.3, -0.25) is 4.98 Å². The maximum absolute atomic E-state index is 5.86. The first-order valence-electron chi connectivity index (χ1n) is 4.79. The fraction of sp³-hybridized carbons (Fsp3) is 0.182. The van der Waals surface area contributed by atoms with E-state index in [1.165, 1.54) is 0 Å². The lowest BCUT2D eigenvalue weighted by molar-refractivity contribution is 0.272. The molecule has 1 unspecified atom stereocenters. The van der Waals surface area contributed by atoms with Gasteiger partial charge in [0.25, 0.3) is 0 Å². The highest BCUT2D eigenvalue weighted by atomic mass is 35.5. The van der Waals surface area contributed by atoms with Crippen molar-refractivity contribution in [1.82, 2.24) is 4.98 Å². The van der Waals surface area contributed by atoms with Gasteiger partial charge in [0.05, 0.1) is 12.2 Å². The SMILES string of the molecule is NC(COc1cccnc1)c1ccc(Cl)o1. The summed E-state index contributed by atoms with van der Waals surface area (Å²) in [5.74, 6) is 1.28. The van der Waals surface area contributed by atoms with E-state index >= 15 is 0 Å². The summed E-state index contributed by atoms with van der Waals surface area (Å²) in [4.78, 5) is 3.93. The number of rotatable bonds is 4. The summed E-state index contributed by atoms with van der Waals surface area (Å²) in [5.41, 5.74) is 5.86. The van der Waals surface area contributed by atoms with Crippen LogP contribution in [-0.4, -0.2) is 11.6 Å². The average Bonchev–Trinajstić information content (AvgIpc) is 2.74. The Morgan fingerprint density at radius 3 is 2.94 bits per heavy atom. The van der Waals surface area contributed by atoms with Crippen LogP contribution >= 0.6 is 11.6 Å². The van der Waals surface area contributed by atoms with Crippen molar-refractivity contribution in [3.8, 4) is 5.75 Å². The Morgan fingerprint density at radius 1 is 1.44 bits per heavy atom. The molecule has 0 aliphatic carbocycles. The highest BCUT2D eigenvalue weighted by molar-refractivity contribution is 6.28. The molecule has 0 aromatic carbocycles. The molecule has 2 aromatic heterocycles. The lowest BCUT2D eigenvalue weighted by atomic mass is 10.2. The Bertz CT molecular complexity index is 444. The first-order valence-corrected chi connectivity index (χ1v) is 5.17. The number of nitrogens with two attached hydrogens (primary N) is 1. The largest absolute Gasteiger partial charge is 0.490 e. The van der Waals surface area contributed by atoms with Crippen molar-refractivity contribution in [1.29, 1.82) is 0 Å². The van der Waals surface area contributed by atoms with Gasteiger partial charge in [-0.15, -0.1) is 0 Å². The van der Waals surface area contributed by atoms with Crippen molar-refractivity contribution in [2.75, 3.05) is 6.61 Å². The van der Waals surface area contributed by atoms with E-state index in [0.29, 0.717) is 23.3 Å². The molecule has 5 heteroatoms. The van der Waals surface area contributed by atoms with Crippen LogP contribution in [0.25, 0.3) is 0 Å². The number of aromatic nitrogens is 1. The summed E-state index contributed by atoms with van der Waals surface area (Å²) >= 11 is 5.65. The van der Waals surface area contributed by atoms with Gasteiger partial charge in [-0.1, -0.05) is 0 Å². The summed E-state index contributed by atoms with van der Waals surface area (Å²) in [6.45, 7) is 0.315. The van der Waals surface area contributed by atoms with Crippen molar-refractivity contribution in [2.45, 2.75) is 6.04 Å². The van der Waals surface area contributed by atoms with E-state index in [1.807, 2.05) is 6.07 Å². The molecule has 0 saturated carbocycles. The Kier molecular flexibility index (Phi) is 3.44. The van der Waals surface area contributed by atoms with Gasteiger partial charge < -0.3 is 14.9 Å². The average molecular weight is 239 g/mol. The number of ether oxygens (including phenoxy) is 1.